The van der Waals surface area contributed by atoms with Crippen molar-refractivity contribution >= 4 is 0 Å². The Kier molecular flexibility index (Phi) is 6.12. The Morgan fingerprint density at radius 3 is 2.61 bits per heavy atom. The van der Waals surface area contributed by atoms with Gasteiger partial charge in [-0.2, -0.15) is 0 Å². The molecule has 0 aliphatic heterocycles. The van der Waals surface area contributed by atoms with Crippen LogP contribution >= 0.6 is 0 Å². The summed E-state index contributed by atoms with van der Waals surface area (Å²) in [5.74, 6) is 0.936. The van der Waals surface area contributed by atoms with E-state index in [1.54, 1.807) is 7.11 Å². The van der Waals surface area contributed by atoms with Gasteiger partial charge in [0.25, 0.3) is 0 Å². The van der Waals surface area contributed by atoms with Gasteiger partial charge >= 0.3 is 0 Å². The second kappa shape index (κ2) is 7.36. The van der Waals surface area contributed by atoms with E-state index >= 15 is 0 Å². The number of benzene rings is 1. The van der Waals surface area contributed by atoms with Gasteiger partial charge in [-0.25, -0.2) is 0 Å². The molecule has 1 rings (SSSR count). The number of ether oxygens (including phenoxy) is 1. The molecule has 0 bridgehead atoms. The van der Waals surface area contributed by atoms with Crippen LogP contribution in [0.4, 0.5) is 0 Å². The number of hydrogen-bond donors (Lipinski definition) is 3. The van der Waals surface area contributed by atoms with Gasteiger partial charge in [-0.1, -0.05) is 6.07 Å². The molecule has 4 N–H and O–H groups in total. The first-order chi connectivity index (χ1) is 8.58. The normalized spacial score (nSPS) is 12.5. The summed E-state index contributed by atoms with van der Waals surface area (Å²) in [5, 5.41) is 12.0. The zero-order valence-corrected chi connectivity index (χ0v) is 11.5. The number of aliphatic hydroxyl groups is 1. The van der Waals surface area contributed by atoms with E-state index in [4.69, 9.17) is 15.6 Å². The molecule has 1 aromatic rings. The van der Waals surface area contributed by atoms with Crippen molar-refractivity contribution in [2.24, 2.45) is 5.73 Å². The van der Waals surface area contributed by atoms with Crippen LogP contribution in [0.3, 0.4) is 0 Å². The van der Waals surface area contributed by atoms with Crippen molar-refractivity contribution < 1.29 is 9.84 Å². The van der Waals surface area contributed by atoms with Crippen LogP contribution in [0, 0.1) is 13.8 Å². The second-order valence-corrected chi connectivity index (χ2v) is 4.65. The van der Waals surface area contributed by atoms with Crippen molar-refractivity contribution in [1.82, 2.24) is 5.32 Å². The molecule has 0 amide bonds. The molecule has 1 aromatic carbocycles. The molecule has 0 saturated heterocycles. The number of aryl methyl sites for hydroxylation is 2. The molecule has 102 valence electrons. The topological polar surface area (TPSA) is 67.5 Å². The van der Waals surface area contributed by atoms with Crippen molar-refractivity contribution in [3.05, 3.63) is 28.8 Å². The van der Waals surface area contributed by atoms with Gasteiger partial charge in [-0.05, 0) is 49.6 Å². The van der Waals surface area contributed by atoms with Gasteiger partial charge in [0.1, 0.15) is 5.75 Å². The third-order valence-electron chi connectivity index (χ3n) is 3.11. The lowest BCUT2D eigenvalue weighted by Gasteiger charge is -2.13. The van der Waals surface area contributed by atoms with E-state index in [0.717, 1.165) is 18.7 Å². The fourth-order valence-electron chi connectivity index (χ4n) is 1.81. The monoisotopic (exact) mass is 252 g/mol. The highest BCUT2D eigenvalue weighted by Gasteiger charge is 2.06. The van der Waals surface area contributed by atoms with Gasteiger partial charge in [0.15, 0.2) is 0 Å². The van der Waals surface area contributed by atoms with E-state index in [-0.39, 0.29) is 12.6 Å². The number of aliphatic hydroxyl groups excluding tert-OH is 1. The van der Waals surface area contributed by atoms with Gasteiger partial charge in [0.2, 0.25) is 0 Å². The molecule has 0 spiro atoms. The van der Waals surface area contributed by atoms with Crippen LogP contribution in [0.5, 0.6) is 5.75 Å². The summed E-state index contributed by atoms with van der Waals surface area (Å²) in [5.41, 5.74) is 9.33. The summed E-state index contributed by atoms with van der Waals surface area (Å²) in [7, 11) is 1.70. The summed E-state index contributed by atoms with van der Waals surface area (Å²) in [6, 6.07) is 4.05. The quantitative estimate of drug-likeness (QED) is 0.627. The summed E-state index contributed by atoms with van der Waals surface area (Å²) in [6.07, 6.45) is 0.891. The van der Waals surface area contributed by atoms with Crippen LogP contribution in [-0.4, -0.2) is 38.0 Å². The molecule has 1 atom stereocenters. The number of methoxy groups -OCH3 is 1. The maximum atomic E-state index is 8.82. The second-order valence-electron chi connectivity index (χ2n) is 4.65. The van der Waals surface area contributed by atoms with Crippen molar-refractivity contribution in [1.29, 1.82) is 0 Å². The molecule has 0 radical (unpaired) electrons. The zero-order chi connectivity index (χ0) is 13.5. The lowest BCUT2D eigenvalue weighted by molar-refractivity contribution is 0.262. The molecular formula is C14H24N2O2. The molecule has 1 unspecified atom stereocenters. The van der Waals surface area contributed by atoms with Crippen LogP contribution in [0.15, 0.2) is 12.1 Å². The minimum Gasteiger partial charge on any atom is -0.496 e. The number of nitrogens with one attached hydrogen (secondary N) is 1. The Labute approximate surface area is 109 Å². The van der Waals surface area contributed by atoms with Crippen molar-refractivity contribution in [3.63, 3.8) is 0 Å². The summed E-state index contributed by atoms with van der Waals surface area (Å²) in [6.45, 7) is 5.66. The Bertz CT molecular complexity index is 380. The summed E-state index contributed by atoms with van der Waals surface area (Å²) in [4.78, 5) is 0. The molecule has 4 heteroatoms. The van der Waals surface area contributed by atoms with Gasteiger partial charge in [0, 0.05) is 12.6 Å². The fraction of sp³-hybridized carbons (Fsp3) is 0.571. The number of nitrogens with two attached hydrogens (primary N) is 1. The highest BCUT2D eigenvalue weighted by atomic mass is 16.5. The molecule has 18 heavy (non-hydrogen) atoms. The Morgan fingerprint density at radius 1 is 1.33 bits per heavy atom. The SMILES string of the molecule is COc1cc(C)c(C)cc1CCNCC(N)CO. The van der Waals surface area contributed by atoms with Crippen LogP contribution < -0.4 is 15.8 Å². The van der Waals surface area contributed by atoms with E-state index in [1.165, 1.54) is 16.7 Å². The van der Waals surface area contributed by atoms with E-state index in [9.17, 15) is 0 Å². The predicted molar refractivity (Wildman–Crippen MR) is 74.1 cm³/mol. The van der Waals surface area contributed by atoms with Gasteiger partial charge in [-0.15, -0.1) is 0 Å². The Hall–Kier alpha value is -1.10. The molecule has 0 aromatic heterocycles. The molecule has 0 fully saturated rings. The van der Waals surface area contributed by atoms with Crippen molar-refractivity contribution in [2.75, 3.05) is 26.8 Å². The predicted octanol–water partition coefficient (Wildman–Crippen LogP) is 0.764. The van der Waals surface area contributed by atoms with Gasteiger partial charge in [0.05, 0.1) is 13.7 Å². The summed E-state index contributed by atoms with van der Waals surface area (Å²) < 4.78 is 5.39. The lowest BCUT2D eigenvalue weighted by atomic mass is 10.0. The highest BCUT2D eigenvalue weighted by molar-refractivity contribution is 5.41. The van der Waals surface area contributed by atoms with Gasteiger partial charge < -0.3 is 20.9 Å². The van der Waals surface area contributed by atoms with Gasteiger partial charge in [-0.3, -0.25) is 0 Å². The zero-order valence-electron chi connectivity index (χ0n) is 11.5. The third-order valence-corrected chi connectivity index (χ3v) is 3.11. The maximum Gasteiger partial charge on any atom is 0.122 e. The lowest BCUT2D eigenvalue weighted by Crippen LogP contribution is -2.37. The van der Waals surface area contributed by atoms with Crippen LogP contribution in [0.2, 0.25) is 0 Å². The van der Waals surface area contributed by atoms with Crippen LogP contribution in [0.25, 0.3) is 0 Å². The highest BCUT2D eigenvalue weighted by Crippen LogP contribution is 2.23. The standard InChI is InChI=1S/C14H24N2O2/c1-10-6-12(14(18-3)7-11(10)2)4-5-16-8-13(15)9-17/h6-7,13,16-17H,4-5,8-9,15H2,1-3H3. The molecular weight excluding hydrogens is 228 g/mol. The average Bonchev–Trinajstić information content (AvgIpc) is 2.37. The van der Waals surface area contributed by atoms with E-state index in [1.807, 2.05) is 0 Å². The first kappa shape index (κ1) is 15.0. The molecule has 0 aliphatic rings. The van der Waals surface area contributed by atoms with Crippen molar-refractivity contribution in [2.45, 2.75) is 26.3 Å². The van der Waals surface area contributed by atoms with E-state index in [0.29, 0.717) is 6.54 Å². The first-order valence-corrected chi connectivity index (χ1v) is 6.29. The first-order valence-electron chi connectivity index (χ1n) is 6.29. The fourth-order valence-corrected chi connectivity index (χ4v) is 1.81. The van der Waals surface area contributed by atoms with E-state index in [2.05, 4.69) is 31.3 Å². The minimum atomic E-state index is -0.188. The largest absolute Gasteiger partial charge is 0.496 e. The summed E-state index contributed by atoms with van der Waals surface area (Å²) >= 11 is 0. The smallest absolute Gasteiger partial charge is 0.122 e. The average molecular weight is 252 g/mol. The molecule has 0 heterocycles. The van der Waals surface area contributed by atoms with E-state index < -0.39 is 0 Å². The molecule has 0 saturated carbocycles. The molecule has 4 nitrogen and oxygen atoms in total. The number of hydrogen-bond acceptors (Lipinski definition) is 4. The van der Waals surface area contributed by atoms with Crippen LogP contribution in [-0.2, 0) is 6.42 Å². The van der Waals surface area contributed by atoms with Crippen molar-refractivity contribution in [3.8, 4) is 5.75 Å². The number of rotatable bonds is 7. The third kappa shape index (κ3) is 4.29. The minimum absolute atomic E-state index is 0.0139. The Morgan fingerprint density at radius 2 is 2.00 bits per heavy atom. The molecule has 0 aliphatic carbocycles. The van der Waals surface area contributed by atoms with Crippen LogP contribution in [0.1, 0.15) is 16.7 Å². The Balaban J connectivity index is 2.53. The maximum absolute atomic E-state index is 8.82.